The minimum absolute atomic E-state index is 0.0205. The van der Waals surface area contributed by atoms with Gasteiger partial charge in [0.1, 0.15) is 35.1 Å². The zero-order valence-corrected chi connectivity index (χ0v) is 31.8. The fourth-order valence-corrected chi connectivity index (χ4v) is 6.99. The van der Waals surface area contributed by atoms with Crippen LogP contribution >= 0.6 is 0 Å². The number of carbonyl (C=O) groups excluding carboxylic acids is 4. The van der Waals surface area contributed by atoms with Crippen LogP contribution in [0.25, 0.3) is 0 Å². The zero-order chi connectivity index (χ0) is 39.2. The molecule has 0 unspecified atom stereocenters. The zero-order valence-electron chi connectivity index (χ0n) is 31.8. The summed E-state index contributed by atoms with van der Waals surface area (Å²) in [7, 11) is 2.54. The third-order valence-electron chi connectivity index (χ3n) is 9.86. The van der Waals surface area contributed by atoms with E-state index in [4.69, 9.17) is 18.9 Å². The maximum atomic E-state index is 13.5. The van der Waals surface area contributed by atoms with Crippen LogP contribution in [0.3, 0.4) is 0 Å². The van der Waals surface area contributed by atoms with Crippen molar-refractivity contribution < 1.29 is 38.1 Å². The molecule has 3 aliphatic rings. The number of ether oxygens (including phenoxy) is 4. The molecule has 3 aromatic rings. The van der Waals surface area contributed by atoms with Gasteiger partial charge in [-0.05, 0) is 61.5 Å². The summed E-state index contributed by atoms with van der Waals surface area (Å²) in [5.74, 6) is 14.1. The van der Waals surface area contributed by atoms with Gasteiger partial charge in [0.25, 0.3) is 0 Å². The molecule has 6 rings (SSSR count). The predicted octanol–water partition coefficient (Wildman–Crippen LogP) is 3.75. The first-order chi connectivity index (χ1) is 26.5. The Balaban J connectivity index is 1.14. The molecule has 16 nitrogen and oxygen atoms in total. The average Bonchev–Trinajstić information content (AvgIpc) is 4.02. The summed E-state index contributed by atoms with van der Waals surface area (Å²) in [6.45, 7) is 8.61. The first-order valence-corrected chi connectivity index (χ1v) is 18.3. The SMILES string of the molecule is COC(=O)N[C@H](C(=O)N1CCC[C@H]1c1ncc(C#Cc2ccc(C#Cc3cnc([C@@H]4CCCN4C(=O)[C@@H](NC(=O)OC)C(C)C)[nH]3)c3c2OCO3)[nH]1)C(C)C. The van der Waals surface area contributed by atoms with Crippen molar-refractivity contribution in [2.75, 3.05) is 34.1 Å². The van der Waals surface area contributed by atoms with E-state index in [9.17, 15) is 19.2 Å². The lowest BCUT2D eigenvalue weighted by atomic mass is 10.0. The van der Waals surface area contributed by atoms with Crippen molar-refractivity contribution in [1.82, 2.24) is 40.4 Å². The number of aromatic amines is 2. The first-order valence-electron chi connectivity index (χ1n) is 18.3. The third-order valence-corrected chi connectivity index (χ3v) is 9.86. The molecular formula is C39H46N8O8. The van der Waals surface area contributed by atoms with Gasteiger partial charge in [-0.2, -0.15) is 0 Å². The number of amides is 4. The summed E-state index contributed by atoms with van der Waals surface area (Å²) >= 11 is 0. The van der Waals surface area contributed by atoms with Crippen LogP contribution in [-0.2, 0) is 19.1 Å². The molecule has 1 aromatic carbocycles. The third kappa shape index (κ3) is 8.49. The monoisotopic (exact) mass is 754 g/mol. The smallest absolute Gasteiger partial charge is 0.407 e. The second kappa shape index (κ2) is 16.9. The number of imidazole rings is 2. The van der Waals surface area contributed by atoms with E-state index in [1.54, 1.807) is 22.2 Å². The van der Waals surface area contributed by atoms with Crippen LogP contribution in [0, 0.1) is 35.5 Å². The van der Waals surface area contributed by atoms with E-state index in [0.717, 1.165) is 25.7 Å². The molecule has 4 atom stereocenters. The number of benzene rings is 1. The van der Waals surface area contributed by atoms with Crippen molar-refractivity contribution in [3.63, 3.8) is 0 Å². The van der Waals surface area contributed by atoms with Crippen molar-refractivity contribution >= 4 is 24.0 Å². The van der Waals surface area contributed by atoms with Gasteiger partial charge in [-0.3, -0.25) is 9.59 Å². The molecule has 2 aromatic heterocycles. The van der Waals surface area contributed by atoms with E-state index in [0.29, 0.717) is 58.8 Å². The Morgan fingerprint density at radius 1 is 0.727 bits per heavy atom. The van der Waals surface area contributed by atoms with Gasteiger partial charge in [0.05, 0.1) is 49.8 Å². The van der Waals surface area contributed by atoms with E-state index < -0.39 is 24.3 Å². The van der Waals surface area contributed by atoms with Gasteiger partial charge < -0.3 is 49.3 Å². The van der Waals surface area contributed by atoms with Crippen LogP contribution in [0.2, 0.25) is 0 Å². The number of H-pyrrole nitrogens is 2. The lowest BCUT2D eigenvalue weighted by Gasteiger charge is -2.29. The van der Waals surface area contributed by atoms with Gasteiger partial charge in [0.15, 0.2) is 11.5 Å². The Labute approximate surface area is 319 Å². The first kappa shape index (κ1) is 38.6. The summed E-state index contributed by atoms with van der Waals surface area (Å²) in [4.78, 5) is 69.9. The van der Waals surface area contributed by atoms with Crippen LogP contribution in [0.4, 0.5) is 9.59 Å². The number of rotatable bonds is 8. The molecule has 5 heterocycles. The number of nitrogens with one attached hydrogen (secondary N) is 4. The number of carbonyl (C=O) groups is 4. The van der Waals surface area contributed by atoms with E-state index in [1.807, 2.05) is 39.8 Å². The Hall–Kier alpha value is -6.16. The largest absolute Gasteiger partial charge is 0.453 e. The molecule has 3 aliphatic heterocycles. The number of methoxy groups -OCH3 is 2. The molecule has 2 saturated heterocycles. The number of hydrogen-bond acceptors (Lipinski definition) is 10. The highest BCUT2D eigenvalue weighted by molar-refractivity contribution is 5.87. The highest BCUT2D eigenvalue weighted by Gasteiger charge is 2.39. The van der Waals surface area contributed by atoms with Crippen LogP contribution in [0.15, 0.2) is 24.5 Å². The minimum Gasteiger partial charge on any atom is -0.453 e. The number of likely N-dealkylation sites (tertiary alicyclic amines) is 2. The quantitative estimate of drug-likeness (QED) is 0.246. The fourth-order valence-electron chi connectivity index (χ4n) is 6.99. The van der Waals surface area contributed by atoms with Crippen molar-refractivity contribution in [3.8, 4) is 35.2 Å². The Morgan fingerprint density at radius 3 is 1.53 bits per heavy atom. The van der Waals surface area contributed by atoms with Crippen LogP contribution in [0.1, 0.15) is 99.6 Å². The summed E-state index contributed by atoms with van der Waals surface area (Å²) in [6.07, 6.45) is 5.02. The van der Waals surface area contributed by atoms with Gasteiger partial charge >= 0.3 is 12.2 Å². The lowest BCUT2D eigenvalue weighted by molar-refractivity contribution is -0.136. The second-order valence-corrected chi connectivity index (χ2v) is 14.2. The normalized spacial score (nSPS) is 18.3. The molecule has 0 bridgehead atoms. The number of hydrogen-bond donors (Lipinski definition) is 4. The summed E-state index contributed by atoms with van der Waals surface area (Å²) < 4.78 is 21.1. The highest BCUT2D eigenvalue weighted by atomic mass is 16.7. The molecule has 4 N–H and O–H groups in total. The van der Waals surface area contributed by atoms with Gasteiger partial charge in [0, 0.05) is 13.1 Å². The molecule has 0 radical (unpaired) electrons. The molecule has 2 fully saturated rings. The van der Waals surface area contributed by atoms with E-state index >= 15 is 0 Å². The standard InChI is InChI=1S/C39H46N8O8/c1-22(2)30(44-38(50)52-5)36(48)46-17-7-9-28(46)34-40-19-26(42-34)15-13-24-11-12-25(33-32(24)54-21-55-33)14-16-27-20-41-35(43-27)29-10-8-18-47(29)37(49)31(23(3)4)45-39(51)53-6/h11-12,19-20,22-23,28-31H,7-10,17-18,21H2,1-6H3,(H,40,42)(H,41,43)(H,44,50)(H,45,51)/t28-,29-,30-,31-/m0/s1. The summed E-state index contributed by atoms with van der Waals surface area (Å²) in [5, 5.41) is 5.32. The molecule has 16 heteroatoms. The number of fused-ring (bicyclic) bond motifs is 1. The van der Waals surface area contributed by atoms with Crippen molar-refractivity contribution in [2.45, 2.75) is 77.5 Å². The number of alkyl carbamates (subject to hydrolysis) is 2. The average molecular weight is 755 g/mol. The lowest BCUT2D eigenvalue weighted by Crippen LogP contribution is -2.51. The Morgan fingerprint density at radius 2 is 1.15 bits per heavy atom. The van der Waals surface area contributed by atoms with Crippen LogP contribution in [0.5, 0.6) is 11.5 Å². The minimum atomic E-state index is -0.724. The summed E-state index contributed by atoms with van der Waals surface area (Å²) in [6, 6.07) is 1.62. The van der Waals surface area contributed by atoms with Crippen LogP contribution < -0.4 is 20.1 Å². The van der Waals surface area contributed by atoms with Gasteiger partial charge in [0.2, 0.25) is 18.6 Å². The van der Waals surface area contributed by atoms with Crippen molar-refractivity contribution in [1.29, 1.82) is 0 Å². The molecule has 55 heavy (non-hydrogen) atoms. The Bertz CT molecular complexity index is 1910. The topological polar surface area (TPSA) is 193 Å². The van der Waals surface area contributed by atoms with Gasteiger partial charge in [-0.1, -0.05) is 39.5 Å². The maximum absolute atomic E-state index is 13.5. The molecular weight excluding hydrogens is 708 g/mol. The molecule has 290 valence electrons. The van der Waals surface area contributed by atoms with E-state index in [1.165, 1.54) is 14.2 Å². The highest BCUT2D eigenvalue weighted by Crippen LogP contribution is 2.39. The molecule has 0 spiro atoms. The molecule has 4 amide bonds. The maximum Gasteiger partial charge on any atom is 0.407 e. The molecule has 0 saturated carbocycles. The molecule has 0 aliphatic carbocycles. The summed E-state index contributed by atoms with van der Waals surface area (Å²) in [5.41, 5.74) is 2.35. The van der Waals surface area contributed by atoms with E-state index in [2.05, 4.69) is 54.3 Å². The Kier molecular flexibility index (Phi) is 11.8. The second-order valence-electron chi connectivity index (χ2n) is 14.2. The van der Waals surface area contributed by atoms with Crippen LogP contribution in [-0.4, -0.2) is 99.9 Å². The number of aromatic nitrogens is 4. The van der Waals surface area contributed by atoms with Gasteiger partial charge in [-0.25, -0.2) is 19.6 Å². The van der Waals surface area contributed by atoms with Crippen molar-refractivity contribution in [3.05, 3.63) is 58.7 Å². The number of nitrogens with zero attached hydrogens (tertiary/aromatic N) is 4. The van der Waals surface area contributed by atoms with Gasteiger partial charge in [-0.15, -0.1) is 0 Å². The fraction of sp³-hybridized carbons (Fsp3) is 0.487. The van der Waals surface area contributed by atoms with E-state index in [-0.39, 0.29) is 42.5 Å². The predicted molar refractivity (Wildman–Crippen MR) is 197 cm³/mol. The van der Waals surface area contributed by atoms with Crippen molar-refractivity contribution in [2.24, 2.45) is 11.8 Å².